The smallest absolute Gasteiger partial charge is 0.229 e. The second kappa shape index (κ2) is 6.04. The number of benzene rings is 1. The van der Waals surface area contributed by atoms with Crippen LogP contribution in [0, 0.1) is 0 Å². The molecule has 122 valence electrons. The van der Waals surface area contributed by atoms with Crippen LogP contribution in [-0.2, 0) is 21.2 Å². The van der Waals surface area contributed by atoms with Crippen molar-refractivity contribution in [1.82, 2.24) is 10.2 Å². The number of sulfonamides is 1. The Balaban J connectivity index is 1.61. The van der Waals surface area contributed by atoms with Gasteiger partial charge in [-0.1, -0.05) is 12.1 Å². The predicted octanol–water partition coefficient (Wildman–Crippen LogP) is 1.84. The van der Waals surface area contributed by atoms with Crippen LogP contribution in [0.3, 0.4) is 0 Å². The molecule has 2 aromatic rings. The Bertz CT molecular complexity index is 825. The summed E-state index contributed by atoms with van der Waals surface area (Å²) >= 11 is 0. The van der Waals surface area contributed by atoms with E-state index in [-0.39, 0.29) is 12.3 Å². The topological polar surface area (TPSA) is 104 Å². The van der Waals surface area contributed by atoms with E-state index in [0.29, 0.717) is 23.0 Å². The zero-order chi connectivity index (χ0) is 16.4. The van der Waals surface area contributed by atoms with E-state index < -0.39 is 10.0 Å². The van der Waals surface area contributed by atoms with E-state index in [1.54, 1.807) is 24.3 Å². The number of rotatable bonds is 6. The van der Waals surface area contributed by atoms with Crippen molar-refractivity contribution in [3.8, 4) is 0 Å². The highest BCUT2D eigenvalue weighted by molar-refractivity contribution is 7.92. The molecule has 1 aliphatic rings. The summed E-state index contributed by atoms with van der Waals surface area (Å²) in [6, 6.07) is 8.61. The van der Waals surface area contributed by atoms with Gasteiger partial charge in [0.25, 0.3) is 0 Å². The lowest BCUT2D eigenvalue weighted by Gasteiger charge is -2.06. The zero-order valence-electron chi connectivity index (χ0n) is 12.7. The molecule has 3 rings (SSSR count). The minimum absolute atomic E-state index is 0.144. The van der Waals surface area contributed by atoms with Crippen molar-refractivity contribution in [2.45, 2.75) is 25.2 Å². The SMILES string of the molecule is CS(=O)(=O)Nc1cccc(CC(=O)Nc2cc(C3CC3)[nH]n2)c1. The minimum Gasteiger partial charge on any atom is -0.309 e. The number of anilines is 2. The molecule has 0 radical (unpaired) electrons. The maximum atomic E-state index is 12.1. The number of aromatic nitrogens is 2. The highest BCUT2D eigenvalue weighted by Gasteiger charge is 2.25. The Morgan fingerprint density at radius 1 is 1.35 bits per heavy atom. The number of H-pyrrole nitrogens is 1. The summed E-state index contributed by atoms with van der Waals surface area (Å²) in [5.41, 5.74) is 2.21. The zero-order valence-corrected chi connectivity index (χ0v) is 13.5. The van der Waals surface area contributed by atoms with Crippen LogP contribution in [0.15, 0.2) is 30.3 Å². The van der Waals surface area contributed by atoms with Crippen molar-refractivity contribution in [1.29, 1.82) is 0 Å². The van der Waals surface area contributed by atoms with Gasteiger partial charge in [-0.05, 0) is 30.5 Å². The first kappa shape index (κ1) is 15.5. The molecule has 1 aliphatic carbocycles. The van der Waals surface area contributed by atoms with Gasteiger partial charge in [-0.15, -0.1) is 0 Å². The van der Waals surface area contributed by atoms with E-state index in [1.807, 2.05) is 6.07 Å². The molecule has 1 heterocycles. The fourth-order valence-electron chi connectivity index (χ4n) is 2.34. The monoisotopic (exact) mass is 334 g/mol. The van der Waals surface area contributed by atoms with E-state index in [9.17, 15) is 13.2 Å². The number of nitrogens with zero attached hydrogens (tertiary/aromatic N) is 1. The van der Waals surface area contributed by atoms with E-state index >= 15 is 0 Å². The van der Waals surface area contributed by atoms with Crippen LogP contribution in [0.2, 0.25) is 0 Å². The number of hydrogen-bond donors (Lipinski definition) is 3. The van der Waals surface area contributed by atoms with E-state index in [4.69, 9.17) is 0 Å². The Labute approximate surface area is 134 Å². The van der Waals surface area contributed by atoms with Crippen LogP contribution in [0.25, 0.3) is 0 Å². The summed E-state index contributed by atoms with van der Waals surface area (Å²) in [6.45, 7) is 0. The Morgan fingerprint density at radius 3 is 2.83 bits per heavy atom. The number of amides is 1. The number of nitrogens with one attached hydrogen (secondary N) is 3. The third-order valence-corrected chi connectivity index (χ3v) is 4.08. The summed E-state index contributed by atoms with van der Waals surface area (Å²) in [5.74, 6) is 0.865. The van der Waals surface area contributed by atoms with Gasteiger partial charge in [-0.25, -0.2) is 8.42 Å². The largest absolute Gasteiger partial charge is 0.309 e. The number of carbonyl (C=O) groups is 1. The van der Waals surface area contributed by atoms with Gasteiger partial charge in [0.05, 0.1) is 12.7 Å². The molecule has 0 bridgehead atoms. The quantitative estimate of drug-likeness (QED) is 0.750. The summed E-state index contributed by atoms with van der Waals surface area (Å²) in [7, 11) is -3.34. The van der Waals surface area contributed by atoms with Gasteiger partial charge in [0.15, 0.2) is 5.82 Å². The van der Waals surface area contributed by atoms with Crippen molar-refractivity contribution in [2.24, 2.45) is 0 Å². The van der Waals surface area contributed by atoms with Gasteiger partial charge in [0.1, 0.15) is 0 Å². The molecule has 1 fully saturated rings. The van der Waals surface area contributed by atoms with Crippen LogP contribution < -0.4 is 10.0 Å². The summed E-state index contributed by atoms with van der Waals surface area (Å²) in [4.78, 5) is 12.1. The molecule has 0 saturated heterocycles. The third kappa shape index (κ3) is 4.56. The molecule has 1 amide bonds. The van der Waals surface area contributed by atoms with Crippen molar-refractivity contribution in [3.05, 3.63) is 41.6 Å². The molecule has 23 heavy (non-hydrogen) atoms. The number of carbonyl (C=O) groups excluding carboxylic acids is 1. The molecule has 7 nitrogen and oxygen atoms in total. The second-order valence-corrected chi connectivity index (χ2v) is 7.53. The van der Waals surface area contributed by atoms with Gasteiger partial charge in [0, 0.05) is 23.4 Å². The van der Waals surface area contributed by atoms with Gasteiger partial charge in [-0.3, -0.25) is 14.6 Å². The lowest BCUT2D eigenvalue weighted by atomic mass is 10.1. The lowest BCUT2D eigenvalue weighted by molar-refractivity contribution is -0.115. The molecule has 1 aromatic carbocycles. The average Bonchev–Trinajstić information content (AvgIpc) is 3.18. The first-order valence-corrected chi connectivity index (χ1v) is 9.20. The maximum Gasteiger partial charge on any atom is 0.229 e. The highest BCUT2D eigenvalue weighted by Crippen LogP contribution is 2.39. The molecule has 0 spiro atoms. The van der Waals surface area contributed by atoms with E-state index in [2.05, 4.69) is 20.2 Å². The van der Waals surface area contributed by atoms with Crippen molar-refractivity contribution < 1.29 is 13.2 Å². The molecule has 0 aliphatic heterocycles. The molecule has 0 atom stereocenters. The summed E-state index contributed by atoms with van der Waals surface area (Å²) < 4.78 is 24.9. The molecule has 3 N–H and O–H groups in total. The summed E-state index contributed by atoms with van der Waals surface area (Å²) in [6.07, 6.45) is 3.55. The van der Waals surface area contributed by atoms with Crippen molar-refractivity contribution in [3.63, 3.8) is 0 Å². The van der Waals surface area contributed by atoms with Crippen LogP contribution in [0.5, 0.6) is 0 Å². The number of hydrogen-bond acceptors (Lipinski definition) is 4. The molecule has 8 heteroatoms. The fourth-order valence-corrected chi connectivity index (χ4v) is 2.89. The molecular formula is C15H18N4O3S. The lowest BCUT2D eigenvalue weighted by Crippen LogP contribution is -2.15. The minimum atomic E-state index is -3.34. The van der Waals surface area contributed by atoms with Gasteiger partial charge in [0.2, 0.25) is 15.9 Å². The highest BCUT2D eigenvalue weighted by atomic mass is 32.2. The Morgan fingerprint density at radius 2 is 2.13 bits per heavy atom. The standard InChI is InChI=1S/C15H18N4O3S/c1-23(21,22)19-12-4-2-3-10(7-12)8-15(20)16-14-9-13(17-18-14)11-5-6-11/h2-4,7,9,11,19H,5-6,8H2,1H3,(H2,16,17,18,20). The molecule has 0 unspecified atom stereocenters. The number of aromatic amines is 1. The first-order chi connectivity index (χ1) is 10.9. The van der Waals surface area contributed by atoms with E-state index in [1.165, 1.54) is 0 Å². The second-order valence-electron chi connectivity index (χ2n) is 5.78. The van der Waals surface area contributed by atoms with Crippen LogP contribution in [-0.4, -0.2) is 30.8 Å². The van der Waals surface area contributed by atoms with E-state index in [0.717, 1.165) is 24.8 Å². The third-order valence-electron chi connectivity index (χ3n) is 3.48. The molecule has 1 aromatic heterocycles. The van der Waals surface area contributed by atoms with Crippen LogP contribution in [0.1, 0.15) is 30.0 Å². The molecular weight excluding hydrogens is 316 g/mol. The Hall–Kier alpha value is -2.35. The normalized spacial score (nSPS) is 14.5. The van der Waals surface area contributed by atoms with Crippen molar-refractivity contribution in [2.75, 3.05) is 16.3 Å². The van der Waals surface area contributed by atoms with Crippen molar-refractivity contribution >= 4 is 27.4 Å². The van der Waals surface area contributed by atoms with Crippen LogP contribution >= 0.6 is 0 Å². The van der Waals surface area contributed by atoms with Gasteiger partial charge >= 0.3 is 0 Å². The maximum absolute atomic E-state index is 12.1. The van der Waals surface area contributed by atoms with Gasteiger partial charge in [-0.2, -0.15) is 5.10 Å². The predicted molar refractivity (Wildman–Crippen MR) is 87.8 cm³/mol. The summed E-state index contributed by atoms with van der Waals surface area (Å²) in [5, 5.41) is 9.75. The first-order valence-electron chi connectivity index (χ1n) is 7.31. The van der Waals surface area contributed by atoms with Crippen LogP contribution in [0.4, 0.5) is 11.5 Å². The molecule has 1 saturated carbocycles. The fraction of sp³-hybridized carbons (Fsp3) is 0.333. The Kier molecular flexibility index (Phi) is 4.08. The average molecular weight is 334 g/mol. The van der Waals surface area contributed by atoms with Gasteiger partial charge < -0.3 is 5.32 Å².